The summed E-state index contributed by atoms with van der Waals surface area (Å²) in [5, 5.41) is 4.94. The molecule has 1 aromatic heterocycles. The predicted molar refractivity (Wildman–Crippen MR) is 69.4 cm³/mol. The van der Waals surface area contributed by atoms with Gasteiger partial charge in [-0.1, -0.05) is 12.8 Å². The van der Waals surface area contributed by atoms with E-state index in [9.17, 15) is 22.0 Å². The van der Waals surface area contributed by atoms with Crippen LogP contribution >= 0.6 is 0 Å². The van der Waals surface area contributed by atoms with E-state index in [1.54, 1.807) is 0 Å². The van der Waals surface area contributed by atoms with Crippen molar-refractivity contribution >= 4 is 16.0 Å². The lowest BCUT2D eigenvalue weighted by Gasteiger charge is -2.08. The fourth-order valence-corrected chi connectivity index (χ4v) is 2.46. The monoisotopic (exact) mass is 322 g/mol. The molecule has 9 heteroatoms. The lowest BCUT2D eigenvalue weighted by Crippen LogP contribution is -2.15. The van der Waals surface area contributed by atoms with E-state index in [0.717, 1.165) is 36.1 Å². The van der Waals surface area contributed by atoms with Gasteiger partial charge in [0.05, 0.1) is 13.2 Å². The largest absolute Gasteiger partial charge is 0.461 e. The molecule has 1 fully saturated rings. The van der Waals surface area contributed by atoms with Crippen LogP contribution in [0.1, 0.15) is 29.8 Å². The number of hydrogen-bond donors (Lipinski definition) is 1. The molecule has 0 unspecified atom stereocenters. The van der Waals surface area contributed by atoms with Crippen LogP contribution < -0.4 is 5.14 Å². The summed E-state index contributed by atoms with van der Waals surface area (Å²) in [4.78, 5) is 11.5. The molecule has 118 valence electrons. The van der Waals surface area contributed by atoms with Crippen molar-refractivity contribution in [1.82, 2.24) is 4.57 Å². The SMILES string of the molecule is NS(=O)(=O)c1cc(C(=O)OCCC2CC2)n(CC(F)F)c1. The molecule has 6 nitrogen and oxygen atoms in total. The number of halogens is 2. The van der Waals surface area contributed by atoms with E-state index in [1.165, 1.54) is 0 Å². The number of rotatable bonds is 7. The summed E-state index contributed by atoms with van der Waals surface area (Å²) in [7, 11) is -4.07. The highest BCUT2D eigenvalue weighted by Gasteiger charge is 2.24. The third-order valence-corrected chi connectivity index (χ3v) is 4.08. The van der Waals surface area contributed by atoms with Crippen LogP contribution in [-0.2, 0) is 21.3 Å². The van der Waals surface area contributed by atoms with Crippen LogP contribution in [0.25, 0.3) is 0 Å². The summed E-state index contributed by atoms with van der Waals surface area (Å²) in [6.45, 7) is -0.614. The van der Waals surface area contributed by atoms with E-state index in [1.807, 2.05) is 0 Å². The number of hydrogen-bond acceptors (Lipinski definition) is 4. The molecule has 0 atom stereocenters. The topological polar surface area (TPSA) is 91.4 Å². The van der Waals surface area contributed by atoms with Gasteiger partial charge < -0.3 is 9.30 Å². The van der Waals surface area contributed by atoms with Crippen LogP contribution in [0.5, 0.6) is 0 Å². The Morgan fingerprint density at radius 2 is 2.14 bits per heavy atom. The van der Waals surface area contributed by atoms with Gasteiger partial charge in [-0.15, -0.1) is 0 Å². The molecule has 0 radical (unpaired) electrons. The van der Waals surface area contributed by atoms with Crippen molar-refractivity contribution < 1.29 is 26.7 Å². The number of nitrogens with zero attached hydrogens (tertiary/aromatic N) is 1. The molecule has 1 saturated carbocycles. The molecule has 0 saturated heterocycles. The molecule has 0 bridgehead atoms. The molecule has 0 spiro atoms. The molecule has 1 aliphatic carbocycles. The average molecular weight is 322 g/mol. The first-order valence-corrected chi connectivity index (χ1v) is 8.00. The third-order valence-electron chi connectivity index (χ3n) is 3.20. The molecule has 0 aliphatic heterocycles. The molecule has 2 N–H and O–H groups in total. The second-order valence-corrected chi connectivity index (χ2v) is 6.58. The van der Waals surface area contributed by atoms with Gasteiger partial charge in [0.25, 0.3) is 6.43 Å². The first kappa shape index (κ1) is 15.9. The number of ether oxygens (including phenoxy) is 1. The van der Waals surface area contributed by atoms with Gasteiger partial charge >= 0.3 is 5.97 Å². The number of sulfonamides is 1. The standard InChI is InChI=1S/C12H16F2N2O4S/c13-11(14)7-16-6-9(21(15,18)19)5-10(16)12(17)20-4-3-8-1-2-8/h5-6,8,11H,1-4,7H2,(H2,15,18,19). The Balaban J connectivity index is 2.13. The Labute approximate surface area is 120 Å². The van der Waals surface area contributed by atoms with E-state index in [4.69, 9.17) is 9.88 Å². The maximum Gasteiger partial charge on any atom is 0.354 e. The summed E-state index contributed by atoms with van der Waals surface area (Å²) >= 11 is 0. The summed E-state index contributed by atoms with van der Waals surface area (Å²) in [5.41, 5.74) is -0.241. The Morgan fingerprint density at radius 3 is 2.67 bits per heavy atom. The zero-order valence-electron chi connectivity index (χ0n) is 11.2. The van der Waals surface area contributed by atoms with Crippen molar-refractivity contribution in [3.05, 3.63) is 18.0 Å². The van der Waals surface area contributed by atoms with Crippen LogP contribution in [0, 0.1) is 5.92 Å². The number of primary sulfonamides is 1. The number of nitrogens with two attached hydrogens (primary N) is 1. The van der Waals surface area contributed by atoms with Crippen molar-refractivity contribution in [3.8, 4) is 0 Å². The van der Waals surface area contributed by atoms with Gasteiger partial charge in [-0.25, -0.2) is 27.1 Å². The van der Waals surface area contributed by atoms with Crippen molar-refractivity contribution in [2.24, 2.45) is 11.1 Å². The van der Waals surface area contributed by atoms with E-state index in [2.05, 4.69) is 0 Å². The molecule has 2 rings (SSSR count). The molecule has 0 amide bonds. The lowest BCUT2D eigenvalue weighted by molar-refractivity contribution is 0.0475. The van der Waals surface area contributed by atoms with Crippen LogP contribution in [0.3, 0.4) is 0 Å². The third kappa shape index (κ3) is 4.50. The van der Waals surface area contributed by atoms with Crippen molar-refractivity contribution in [2.45, 2.75) is 37.1 Å². The molecule has 1 heterocycles. The van der Waals surface area contributed by atoms with Crippen LogP contribution in [-0.4, -0.2) is 32.0 Å². The molecular weight excluding hydrogens is 306 g/mol. The van der Waals surface area contributed by atoms with Gasteiger partial charge in [-0.2, -0.15) is 0 Å². The number of carbonyl (C=O) groups is 1. The highest BCUT2D eigenvalue weighted by molar-refractivity contribution is 7.89. The number of carbonyl (C=O) groups excluding carboxylic acids is 1. The zero-order chi connectivity index (χ0) is 15.6. The van der Waals surface area contributed by atoms with Crippen LogP contribution in [0.2, 0.25) is 0 Å². The van der Waals surface area contributed by atoms with Gasteiger partial charge in [0.15, 0.2) is 0 Å². The Bertz CT molecular complexity index is 623. The van der Waals surface area contributed by atoms with Gasteiger partial charge in [-0.05, 0) is 18.4 Å². The smallest absolute Gasteiger partial charge is 0.354 e. The summed E-state index contributed by atoms with van der Waals surface area (Å²) in [6.07, 6.45) is 1.12. The van der Waals surface area contributed by atoms with Crippen LogP contribution in [0.15, 0.2) is 17.2 Å². The second-order valence-electron chi connectivity index (χ2n) is 5.02. The molecule has 1 aliphatic rings. The maximum absolute atomic E-state index is 12.5. The fourth-order valence-electron chi connectivity index (χ4n) is 1.91. The van der Waals surface area contributed by atoms with Gasteiger partial charge in [-0.3, -0.25) is 0 Å². The van der Waals surface area contributed by atoms with Gasteiger partial charge in [0.1, 0.15) is 10.6 Å². The fraction of sp³-hybridized carbons (Fsp3) is 0.583. The molecular formula is C12H16F2N2O4S. The first-order valence-electron chi connectivity index (χ1n) is 6.45. The highest BCUT2D eigenvalue weighted by atomic mass is 32.2. The minimum Gasteiger partial charge on any atom is -0.461 e. The summed E-state index contributed by atoms with van der Waals surface area (Å²) in [6, 6.07) is 0.956. The van der Waals surface area contributed by atoms with Crippen molar-refractivity contribution in [2.75, 3.05) is 6.61 Å². The van der Waals surface area contributed by atoms with E-state index >= 15 is 0 Å². The lowest BCUT2D eigenvalue weighted by atomic mass is 10.3. The molecule has 0 aromatic carbocycles. The average Bonchev–Trinajstić information content (AvgIpc) is 3.06. The van der Waals surface area contributed by atoms with E-state index < -0.39 is 33.9 Å². The van der Waals surface area contributed by atoms with E-state index in [-0.39, 0.29) is 12.3 Å². The normalized spacial score (nSPS) is 15.4. The summed E-state index contributed by atoms with van der Waals surface area (Å²) in [5.74, 6) is -0.267. The zero-order valence-corrected chi connectivity index (χ0v) is 12.0. The van der Waals surface area contributed by atoms with Gasteiger partial charge in [0, 0.05) is 6.20 Å². The molecule has 21 heavy (non-hydrogen) atoms. The Hall–Kier alpha value is -1.48. The Morgan fingerprint density at radius 1 is 1.48 bits per heavy atom. The maximum atomic E-state index is 12.5. The van der Waals surface area contributed by atoms with Crippen LogP contribution in [0.4, 0.5) is 8.78 Å². The number of esters is 1. The molecule has 1 aromatic rings. The first-order chi connectivity index (χ1) is 9.77. The Kier molecular flexibility index (Phi) is 4.62. The minimum absolute atomic E-state index is 0.189. The van der Waals surface area contributed by atoms with Gasteiger partial charge in [0.2, 0.25) is 10.0 Å². The second kappa shape index (κ2) is 6.10. The minimum atomic E-state index is -4.07. The quantitative estimate of drug-likeness (QED) is 0.767. The predicted octanol–water partition coefficient (Wildman–Crippen LogP) is 1.36. The van der Waals surface area contributed by atoms with E-state index in [0.29, 0.717) is 5.92 Å². The number of aromatic nitrogens is 1. The number of alkyl halides is 2. The summed E-state index contributed by atoms with van der Waals surface area (Å²) < 4.78 is 53.3. The highest BCUT2D eigenvalue weighted by Crippen LogP contribution is 2.32. The van der Waals surface area contributed by atoms with Crippen molar-refractivity contribution in [1.29, 1.82) is 0 Å². The van der Waals surface area contributed by atoms with Crippen molar-refractivity contribution in [3.63, 3.8) is 0 Å².